The van der Waals surface area contributed by atoms with E-state index >= 15 is 0 Å². The first-order valence-electron chi connectivity index (χ1n) is 3.83. The highest BCUT2D eigenvalue weighted by Gasteiger charge is 2.16. The van der Waals surface area contributed by atoms with Crippen LogP contribution in [-0.4, -0.2) is 10.1 Å². The Bertz CT molecular complexity index is 333. The first-order valence-corrected chi connectivity index (χ1v) is 4.36. The summed E-state index contributed by atoms with van der Waals surface area (Å²) in [5.41, 5.74) is 5.40. The maximum atomic E-state index is 12.4. The molecule has 1 aromatic heterocycles. The molecule has 1 rings (SSSR count). The molecule has 3 N–H and O–H groups in total. The highest BCUT2D eigenvalue weighted by Crippen LogP contribution is 2.25. The van der Waals surface area contributed by atoms with Crippen LogP contribution in [0.25, 0.3) is 0 Å². The van der Waals surface area contributed by atoms with Crippen LogP contribution in [-0.2, 0) is 12.5 Å². The fourth-order valence-corrected chi connectivity index (χ4v) is 1.27. The van der Waals surface area contributed by atoms with E-state index in [1.54, 1.807) is 0 Å². The number of pyridine rings is 1. The van der Waals surface area contributed by atoms with Crippen molar-refractivity contribution >= 4 is 17.4 Å². The lowest BCUT2D eigenvalue weighted by molar-refractivity contribution is 0.141. The Morgan fingerprint density at radius 1 is 1.50 bits per heavy atom. The zero-order valence-electron chi connectivity index (χ0n) is 7.17. The van der Waals surface area contributed by atoms with E-state index in [-0.39, 0.29) is 17.3 Å². The quantitative estimate of drug-likeness (QED) is 0.768. The van der Waals surface area contributed by atoms with Crippen LogP contribution in [0.1, 0.15) is 23.2 Å². The molecule has 14 heavy (non-hydrogen) atoms. The Labute approximate surface area is 84.5 Å². The molecule has 0 fully saturated rings. The maximum absolute atomic E-state index is 12.4. The molecule has 0 saturated heterocycles. The second-order valence-corrected chi connectivity index (χ2v) is 2.94. The van der Waals surface area contributed by atoms with Gasteiger partial charge in [-0.3, -0.25) is 0 Å². The van der Waals surface area contributed by atoms with Crippen molar-refractivity contribution in [1.82, 2.24) is 4.98 Å². The summed E-state index contributed by atoms with van der Waals surface area (Å²) < 4.78 is 24.7. The van der Waals surface area contributed by atoms with Gasteiger partial charge in [0.25, 0.3) is 6.43 Å². The van der Waals surface area contributed by atoms with Gasteiger partial charge in [-0.15, -0.1) is 11.6 Å². The first-order chi connectivity index (χ1) is 6.60. The molecule has 0 saturated carbocycles. The molecular formula is C8H9ClF2N2O. The Balaban J connectivity index is 3.24. The fourth-order valence-electron chi connectivity index (χ4n) is 1.05. The number of rotatable bonds is 3. The van der Waals surface area contributed by atoms with Gasteiger partial charge in [-0.25, -0.2) is 13.8 Å². The van der Waals surface area contributed by atoms with Crippen molar-refractivity contribution in [1.29, 1.82) is 0 Å². The van der Waals surface area contributed by atoms with Crippen molar-refractivity contribution in [2.45, 2.75) is 18.9 Å². The van der Waals surface area contributed by atoms with E-state index in [4.69, 9.17) is 22.4 Å². The van der Waals surface area contributed by atoms with Crippen molar-refractivity contribution in [3.8, 4) is 0 Å². The van der Waals surface area contributed by atoms with Crippen LogP contribution in [0.15, 0.2) is 6.07 Å². The fraction of sp³-hybridized carbons (Fsp3) is 0.375. The SMILES string of the molecule is Nc1nc(C(F)F)c(CO)cc1CCl. The van der Waals surface area contributed by atoms with Crippen LogP contribution >= 0.6 is 11.6 Å². The monoisotopic (exact) mass is 222 g/mol. The summed E-state index contributed by atoms with van der Waals surface area (Å²) in [7, 11) is 0. The lowest BCUT2D eigenvalue weighted by atomic mass is 10.1. The van der Waals surface area contributed by atoms with Gasteiger partial charge in [0, 0.05) is 11.1 Å². The summed E-state index contributed by atoms with van der Waals surface area (Å²) in [4.78, 5) is 3.50. The standard InChI is InChI=1S/C8H9ClF2N2O/c9-2-4-1-5(3-14)6(7(10)11)13-8(4)12/h1,7,14H,2-3H2,(H2,12,13). The third-order valence-electron chi connectivity index (χ3n) is 1.77. The number of hydrogen-bond donors (Lipinski definition) is 2. The van der Waals surface area contributed by atoms with E-state index in [2.05, 4.69) is 4.98 Å². The first kappa shape index (κ1) is 11.1. The molecule has 0 bridgehead atoms. The van der Waals surface area contributed by atoms with Crippen LogP contribution in [0.4, 0.5) is 14.6 Å². The van der Waals surface area contributed by atoms with Crippen molar-refractivity contribution in [3.05, 3.63) is 22.9 Å². The van der Waals surface area contributed by atoms with Crippen molar-refractivity contribution < 1.29 is 13.9 Å². The Morgan fingerprint density at radius 2 is 2.14 bits per heavy atom. The van der Waals surface area contributed by atoms with Gasteiger partial charge in [0.2, 0.25) is 0 Å². The molecule has 0 aliphatic rings. The second kappa shape index (κ2) is 4.52. The molecule has 0 aliphatic heterocycles. The van der Waals surface area contributed by atoms with Crippen LogP contribution in [0.5, 0.6) is 0 Å². The van der Waals surface area contributed by atoms with Crippen molar-refractivity contribution in [2.75, 3.05) is 5.73 Å². The number of aliphatic hydroxyl groups is 1. The van der Waals surface area contributed by atoms with Gasteiger partial charge in [-0.05, 0) is 6.07 Å². The summed E-state index contributed by atoms with van der Waals surface area (Å²) in [5, 5.41) is 8.82. The molecule has 0 spiro atoms. The van der Waals surface area contributed by atoms with E-state index in [0.717, 1.165) is 0 Å². The summed E-state index contributed by atoms with van der Waals surface area (Å²) in [6.07, 6.45) is -2.75. The summed E-state index contributed by atoms with van der Waals surface area (Å²) >= 11 is 5.50. The highest BCUT2D eigenvalue weighted by molar-refractivity contribution is 6.17. The minimum absolute atomic E-state index is 0.0208. The number of aliphatic hydroxyl groups excluding tert-OH is 1. The number of nitrogens with zero attached hydrogens (tertiary/aromatic N) is 1. The van der Waals surface area contributed by atoms with E-state index in [9.17, 15) is 8.78 Å². The number of alkyl halides is 3. The maximum Gasteiger partial charge on any atom is 0.280 e. The van der Waals surface area contributed by atoms with Crippen molar-refractivity contribution in [2.24, 2.45) is 0 Å². The molecule has 1 aromatic rings. The van der Waals surface area contributed by atoms with Crippen LogP contribution < -0.4 is 5.73 Å². The molecule has 0 aliphatic carbocycles. The Morgan fingerprint density at radius 3 is 2.57 bits per heavy atom. The van der Waals surface area contributed by atoms with Gasteiger partial charge in [0.1, 0.15) is 11.5 Å². The molecule has 6 heteroatoms. The lowest BCUT2D eigenvalue weighted by Gasteiger charge is -2.09. The molecule has 0 atom stereocenters. The highest BCUT2D eigenvalue weighted by atomic mass is 35.5. The molecule has 0 amide bonds. The zero-order chi connectivity index (χ0) is 10.7. The molecule has 0 radical (unpaired) electrons. The number of halogens is 3. The number of nitrogen functional groups attached to an aromatic ring is 1. The minimum Gasteiger partial charge on any atom is -0.392 e. The van der Waals surface area contributed by atoms with Crippen LogP contribution in [0.2, 0.25) is 0 Å². The third-order valence-corrected chi connectivity index (χ3v) is 2.06. The van der Waals surface area contributed by atoms with E-state index in [0.29, 0.717) is 5.56 Å². The molecule has 78 valence electrons. The van der Waals surface area contributed by atoms with Gasteiger partial charge in [-0.2, -0.15) is 0 Å². The summed E-state index contributed by atoms with van der Waals surface area (Å²) in [6, 6.07) is 1.34. The van der Waals surface area contributed by atoms with Gasteiger partial charge in [-0.1, -0.05) is 0 Å². The van der Waals surface area contributed by atoms with Crippen LogP contribution in [0.3, 0.4) is 0 Å². The third kappa shape index (κ3) is 2.10. The summed E-state index contributed by atoms with van der Waals surface area (Å²) in [6.45, 7) is -0.503. The summed E-state index contributed by atoms with van der Waals surface area (Å²) in [5.74, 6) is 0.0579. The van der Waals surface area contributed by atoms with E-state index in [1.165, 1.54) is 6.07 Å². The van der Waals surface area contributed by atoms with Gasteiger partial charge in [0.15, 0.2) is 0 Å². The number of nitrogens with two attached hydrogens (primary N) is 1. The normalized spacial score (nSPS) is 10.9. The van der Waals surface area contributed by atoms with Gasteiger partial charge < -0.3 is 10.8 Å². The molecule has 0 unspecified atom stereocenters. The Hall–Kier alpha value is -0.940. The van der Waals surface area contributed by atoms with Crippen LogP contribution in [0, 0.1) is 0 Å². The number of hydrogen-bond acceptors (Lipinski definition) is 3. The van der Waals surface area contributed by atoms with Gasteiger partial charge in [0.05, 0.1) is 12.5 Å². The number of anilines is 1. The predicted molar refractivity (Wildman–Crippen MR) is 49.1 cm³/mol. The van der Waals surface area contributed by atoms with E-state index in [1.807, 2.05) is 0 Å². The average molecular weight is 223 g/mol. The van der Waals surface area contributed by atoms with Gasteiger partial charge >= 0.3 is 0 Å². The largest absolute Gasteiger partial charge is 0.392 e. The van der Waals surface area contributed by atoms with E-state index < -0.39 is 18.7 Å². The number of aromatic nitrogens is 1. The molecule has 1 heterocycles. The van der Waals surface area contributed by atoms with Crippen molar-refractivity contribution in [3.63, 3.8) is 0 Å². The molecular weight excluding hydrogens is 214 g/mol. The lowest BCUT2D eigenvalue weighted by Crippen LogP contribution is -2.05. The predicted octanol–water partition coefficient (Wildman–Crippen LogP) is 1.83. The zero-order valence-corrected chi connectivity index (χ0v) is 7.93. The smallest absolute Gasteiger partial charge is 0.280 e. The molecule has 0 aromatic carbocycles. The molecule has 3 nitrogen and oxygen atoms in total. The Kier molecular flexibility index (Phi) is 3.60. The topological polar surface area (TPSA) is 59.1 Å². The second-order valence-electron chi connectivity index (χ2n) is 2.67. The average Bonchev–Trinajstić information content (AvgIpc) is 2.17. The minimum atomic E-state index is -2.75.